The molecule has 158 valence electrons. The predicted molar refractivity (Wildman–Crippen MR) is 121 cm³/mol. The van der Waals surface area contributed by atoms with E-state index in [4.69, 9.17) is 5.11 Å². The number of para-hydroxylation sites is 1. The largest absolute Gasteiger partial charge is 0.478 e. The minimum atomic E-state index is -0.940. The molecule has 1 aliphatic rings. The Kier molecular flexibility index (Phi) is 5.71. The molecule has 2 aromatic carbocycles. The Hall–Kier alpha value is -3.67. The van der Waals surface area contributed by atoms with Crippen LogP contribution in [0.4, 0.5) is 5.69 Å². The van der Waals surface area contributed by atoms with Crippen molar-refractivity contribution < 1.29 is 14.7 Å². The van der Waals surface area contributed by atoms with E-state index >= 15 is 0 Å². The number of nitrogens with one attached hydrogen (secondary N) is 1. The van der Waals surface area contributed by atoms with Gasteiger partial charge in [0.2, 0.25) is 0 Å². The summed E-state index contributed by atoms with van der Waals surface area (Å²) in [5.41, 5.74) is 5.52. The van der Waals surface area contributed by atoms with Crippen LogP contribution in [0, 0.1) is 6.92 Å². The van der Waals surface area contributed by atoms with Crippen molar-refractivity contribution in [3.05, 3.63) is 82.4 Å². The maximum absolute atomic E-state index is 12.7. The van der Waals surface area contributed by atoms with Gasteiger partial charge in [-0.1, -0.05) is 43.7 Å². The third kappa shape index (κ3) is 4.14. The maximum Gasteiger partial charge on any atom is 0.335 e. The standard InChI is InChI=1S/C25H25N3O3/c1-3-4-8-22-26-14-19(28(22)15-17-9-11-18(12-10-17)25(30)31)13-21-20-7-5-6-16(2)23(20)27-24(21)29/h5-7,9-14H,3-4,8,15H2,1-2H3,(H,27,29)(H,30,31). The van der Waals surface area contributed by atoms with Crippen LogP contribution in [-0.4, -0.2) is 26.5 Å². The van der Waals surface area contributed by atoms with Gasteiger partial charge in [-0.2, -0.15) is 0 Å². The highest BCUT2D eigenvalue weighted by molar-refractivity contribution is 6.35. The first-order chi connectivity index (χ1) is 15.0. The molecule has 1 aromatic heterocycles. The smallest absolute Gasteiger partial charge is 0.335 e. The second-order valence-electron chi connectivity index (χ2n) is 7.80. The molecular formula is C25H25N3O3. The summed E-state index contributed by atoms with van der Waals surface area (Å²) < 4.78 is 2.11. The highest BCUT2D eigenvalue weighted by Gasteiger charge is 2.25. The molecule has 1 amide bonds. The molecule has 2 N–H and O–H groups in total. The highest BCUT2D eigenvalue weighted by Crippen LogP contribution is 2.35. The maximum atomic E-state index is 12.7. The molecule has 6 nitrogen and oxygen atoms in total. The van der Waals surface area contributed by atoms with Crippen molar-refractivity contribution in [3.63, 3.8) is 0 Å². The molecule has 0 saturated heterocycles. The molecule has 31 heavy (non-hydrogen) atoms. The number of carbonyl (C=O) groups excluding carboxylic acids is 1. The monoisotopic (exact) mass is 415 g/mol. The number of rotatable bonds is 7. The molecule has 1 aliphatic heterocycles. The summed E-state index contributed by atoms with van der Waals surface area (Å²) in [5, 5.41) is 12.1. The quantitative estimate of drug-likeness (QED) is 0.544. The number of aromatic carboxylic acids is 1. The van der Waals surface area contributed by atoms with E-state index in [9.17, 15) is 9.59 Å². The van der Waals surface area contributed by atoms with E-state index in [-0.39, 0.29) is 11.5 Å². The second-order valence-corrected chi connectivity index (χ2v) is 7.80. The molecule has 0 unspecified atom stereocenters. The number of aryl methyl sites for hydroxylation is 2. The first kappa shape index (κ1) is 20.6. The van der Waals surface area contributed by atoms with E-state index in [1.807, 2.05) is 49.5 Å². The number of carboxylic acid groups (broad SMARTS) is 1. The fraction of sp³-hybridized carbons (Fsp3) is 0.240. The van der Waals surface area contributed by atoms with Crippen molar-refractivity contribution in [2.24, 2.45) is 0 Å². The normalized spacial score (nSPS) is 14.0. The summed E-state index contributed by atoms with van der Waals surface area (Å²) >= 11 is 0. The van der Waals surface area contributed by atoms with E-state index in [2.05, 4.69) is 21.8 Å². The van der Waals surface area contributed by atoms with Crippen LogP contribution in [0.5, 0.6) is 0 Å². The van der Waals surface area contributed by atoms with Crippen LogP contribution in [-0.2, 0) is 17.8 Å². The Morgan fingerprint density at radius 1 is 1.19 bits per heavy atom. The Balaban J connectivity index is 1.73. The lowest BCUT2D eigenvalue weighted by molar-refractivity contribution is -0.110. The van der Waals surface area contributed by atoms with Crippen LogP contribution in [0.25, 0.3) is 11.6 Å². The highest BCUT2D eigenvalue weighted by atomic mass is 16.4. The zero-order valence-electron chi connectivity index (χ0n) is 17.7. The SMILES string of the molecule is CCCCc1ncc(C=C2C(=O)Nc3c(C)cccc32)n1Cc1ccc(C(=O)O)cc1. The van der Waals surface area contributed by atoms with E-state index in [0.29, 0.717) is 12.1 Å². The average Bonchev–Trinajstić information content (AvgIpc) is 3.29. The van der Waals surface area contributed by atoms with Gasteiger partial charge < -0.3 is 15.0 Å². The van der Waals surface area contributed by atoms with Crippen LogP contribution in [0.3, 0.4) is 0 Å². The Bertz CT molecular complexity index is 1170. The van der Waals surface area contributed by atoms with Crippen molar-refractivity contribution in [2.75, 3.05) is 5.32 Å². The van der Waals surface area contributed by atoms with Gasteiger partial charge >= 0.3 is 5.97 Å². The minimum Gasteiger partial charge on any atom is -0.478 e. The number of hydrogen-bond acceptors (Lipinski definition) is 3. The molecule has 3 aromatic rings. The lowest BCUT2D eigenvalue weighted by atomic mass is 10.0. The lowest BCUT2D eigenvalue weighted by Gasteiger charge is -2.11. The predicted octanol–water partition coefficient (Wildman–Crippen LogP) is 4.77. The molecule has 0 bridgehead atoms. The van der Waals surface area contributed by atoms with Gasteiger partial charge in [0.1, 0.15) is 5.82 Å². The summed E-state index contributed by atoms with van der Waals surface area (Å²) in [6.45, 7) is 4.68. The third-order valence-electron chi connectivity index (χ3n) is 5.60. The number of anilines is 1. The minimum absolute atomic E-state index is 0.113. The topological polar surface area (TPSA) is 84.2 Å². The van der Waals surface area contributed by atoms with Gasteiger partial charge in [0.25, 0.3) is 5.91 Å². The average molecular weight is 415 g/mol. The van der Waals surface area contributed by atoms with Crippen LogP contribution < -0.4 is 5.32 Å². The van der Waals surface area contributed by atoms with Gasteiger partial charge in [-0.3, -0.25) is 4.79 Å². The first-order valence-electron chi connectivity index (χ1n) is 10.5. The van der Waals surface area contributed by atoms with Crippen LogP contribution in [0.2, 0.25) is 0 Å². The molecule has 0 atom stereocenters. The lowest BCUT2D eigenvalue weighted by Crippen LogP contribution is -2.09. The summed E-state index contributed by atoms with van der Waals surface area (Å²) in [6, 6.07) is 12.8. The zero-order chi connectivity index (χ0) is 22.0. The zero-order valence-corrected chi connectivity index (χ0v) is 17.7. The van der Waals surface area contributed by atoms with Gasteiger partial charge in [0, 0.05) is 18.5 Å². The number of carboxylic acids is 1. The van der Waals surface area contributed by atoms with Crippen molar-refractivity contribution in [3.8, 4) is 0 Å². The number of carbonyl (C=O) groups is 2. The van der Waals surface area contributed by atoms with Crippen LogP contribution in [0.1, 0.15) is 58.3 Å². The van der Waals surface area contributed by atoms with Crippen LogP contribution >= 0.6 is 0 Å². The second kappa shape index (κ2) is 8.60. The molecule has 0 radical (unpaired) electrons. The number of benzene rings is 2. The number of unbranched alkanes of at least 4 members (excludes halogenated alkanes) is 1. The summed E-state index contributed by atoms with van der Waals surface area (Å²) in [5.74, 6) is -0.0960. The molecule has 6 heteroatoms. The van der Waals surface area contributed by atoms with Crippen LogP contribution in [0.15, 0.2) is 48.7 Å². The fourth-order valence-electron chi connectivity index (χ4n) is 3.85. The number of fused-ring (bicyclic) bond motifs is 1. The summed E-state index contributed by atoms with van der Waals surface area (Å²) in [7, 11) is 0. The molecule has 0 spiro atoms. The van der Waals surface area contributed by atoms with Crippen molar-refractivity contribution in [1.29, 1.82) is 0 Å². The number of imidazole rings is 1. The van der Waals surface area contributed by atoms with Crippen molar-refractivity contribution in [2.45, 2.75) is 39.7 Å². The number of amides is 1. The Morgan fingerprint density at radius 2 is 1.97 bits per heavy atom. The molecule has 0 aliphatic carbocycles. The molecule has 0 fully saturated rings. The van der Waals surface area contributed by atoms with Crippen molar-refractivity contribution in [1.82, 2.24) is 9.55 Å². The molecular weight excluding hydrogens is 390 g/mol. The fourth-order valence-corrected chi connectivity index (χ4v) is 3.85. The number of hydrogen-bond donors (Lipinski definition) is 2. The Morgan fingerprint density at radius 3 is 2.68 bits per heavy atom. The Labute approximate surface area is 181 Å². The van der Waals surface area contributed by atoms with Gasteiger partial charge in [-0.15, -0.1) is 0 Å². The number of aromatic nitrogens is 2. The molecule has 2 heterocycles. The van der Waals surface area contributed by atoms with E-state index in [1.54, 1.807) is 12.1 Å². The van der Waals surface area contributed by atoms with Crippen molar-refractivity contribution >= 4 is 29.2 Å². The summed E-state index contributed by atoms with van der Waals surface area (Å²) in [6.07, 6.45) is 6.63. The van der Waals surface area contributed by atoms with E-state index in [0.717, 1.165) is 53.2 Å². The summed E-state index contributed by atoms with van der Waals surface area (Å²) in [4.78, 5) is 28.4. The first-order valence-corrected chi connectivity index (χ1v) is 10.5. The molecule has 0 saturated carbocycles. The van der Waals surface area contributed by atoms with Gasteiger partial charge in [-0.05, 0) is 42.7 Å². The van der Waals surface area contributed by atoms with Gasteiger partial charge in [-0.25, -0.2) is 9.78 Å². The van der Waals surface area contributed by atoms with E-state index in [1.165, 1.54) is 0 Å². The van der Waals surface area contributed by atoms with Gasteiger partial charge in [0.15, 0.2) is 0 Å². The van der Waals surface area contributed by atoms with Gasteiger partial charge in [0.05, 0.1) is 28.7 Å². The third-order valence-corrected chi connectivity index (χ3v) is 5.60. The van der Waals surface area contributed by atoms with E-state index < -0.39 is 5.97 Å². The molecule has 4 rings (SSSR count). The number of nitrogens with zero attached hydrogens (tertiary/aromatic N) is 2.